The molecular weight excluding hydrogens is 219 g/mol. The number of nitrogens with two attached hydrogens (primary N) is 1. The van der Waals surface area contributed by atoms with Crippen molar-refractivity contribution < 1.29 is 13.9 Å². The fourth-order valence-electron chi connectivity index (χ4n) is 1.35. The minimum Gasteiger partial charge on any atom is -0.464 e. The van der Waals surface area contributed by atoms with Gasteiger partial charge in [-0.1, -0.05) is 6.92 Å². The second-order valence-electron chi connectivity index (χ2n) is 3.81. The molecule has 82 valence electrons. The molecule has 0 aromatic carbocycles. The van der Waals surface area contributed by atoms with E-state index in [2.05, 4.69) is 9.72 Å². The Hall–Kier alpha value is -1.17. The van der Waals surface area contributed by atoms with Gasteiger partial charge in [0.2, 0.25) is 0 Å². The summed E-state index contributed by atoms with van der Waals surface area (Å²) in [5, 5.41) is 0.866. The van der Waals surface area contributed by atoms with Crippen molar-refractivity contribution in [2.75, 3.05) is 12.8 Å². The molecule has 6 heteroatoms. The summed E-state index contributed by atoms with van der Waals surface area (Å²) in [6.45, 7) is 1.77. The number of hydrogen-bond donors (Lipinski definition) is 1. The molecule has 4 nitrogen and oxygen atoms in total. The van der Waals surface area contributed by atoms with Crippen LogP contribution in [0.2, 0.25) is 0 Å². The van der Waals surface area contributed by atoms with E-state index in [1.165, 1.54) is 7.11 Å². The minimum atomic E-state index is -0.881. The van der Waals surface area contributed by atoms with Crippen LogP contribution in [0.1, 0.15) is 28.8 Å². The van der Waals surface area contributed by atoms with E-state index in [4.69, 9.17) is 5.73 Å². The molecule has 15 heavy (non-hydrogen) atoms. The van der Waals surface area contributed by atoms with Crippen LogP contribution in [-0.4, -0.2) is 24.2 Å². The average molecular weight is 230 g/mol. The molecular formula is C9H11FN2O2S. The topological polar surface area (TPSA) is 65.2 Å². The van der Waals surface area contributed by atoms with E-state index >= 15 is 0 Å². The number of nitrogens with zero attached hydrogens (tertiary/aromatic N) is 1. The van der Waals surface area contributed by atoms with Crippen molar-refractivity contribution in [1.82, 2.24) is 4.98 Å². The van der Waals surface area contributed by atoms with E-state index in [1.54, 1.807) is 6.92 Å². The molecule has 2 unspecified atom stereocenters. The molecule has 1 saturated carbocycles. The summed E-state index contributed by atoms with van der Waals surface area (Å²) >= 11 is 1.16. The Kier molecular flexibility index (Phi) is 2.18. The highest BCUT2D eigenvalue weighted by molar-refractivity contribution is 7.16. The Morgan fingerprint density at radius 2 is 2.40 bits per heavy atom. The Balaban J connectivity index is 2.34. The summed E-state index contributed by atoms with van der Waals surface area (Å²) in [4.78, 5) is 15.3. The number of methoxy groups -OCH3 is 1. The Morgan fingerprint density at radius 3 is 2.87 bits per heavy atom. The van der Waals surface area contributed by atoms with Crippen LogP contribution in [0.4, 0.5) is 9.39 Å². The number of rotatable bonds is 2. The second kappa shape index (κ2) is 3.16. The Morgan fingerprint density at radius 1 is 1.80 bits per heavy atom. The predicted molar refractivity (Wildman–Crippen MR) is 54.7 cm³/mol. The van der Waals surface area contributed by atoms with Gasteiger partial charge in [-0.2, -0.15) is 0 Å². The number of alkyl halides is 1. The maximum atomic E-state index is 13.1. The lowest BCUT2D eigenvalue weighted by atomic mass is 10.1. The Labute approximate surface area is 90.3 Å². The number of carbonyl (C=O) groups is 1. The van der Waals surface area contributed by atoms with Crippen molar-refractivity contribution in [3.63, 3.8) is 0 Å². The minimum absolute atomic E-state index is 0.0952. The molecule has 1 aromatic heterocycles. The molecule has 0 bridgehead atoms. The van der Waals surface area contributed by atoms with Crippen LogP contribution in [0.3, 0.4) is 0 Å². The maximum Gasteiger partial charge on any atom is 0.359 e. The smallest absolute Gasteiger partial charge is 0.359 e. The van der Waals surface area contributed by atoms with Crippen LogP contribution in [0.15, 0.2) is 0 Å². The molecule has 2 rings (SSSR count). The summed E-state index contributed by atoms with van der Waals surface area (Å²) < 4.78 is 17.6. The number of esters is 1. The van der Waals surface area contributed by atoms with E-state index in [9.17, 15) is 9.18 Å². The molecule has 0 radical (unpaired) electrons. The summed E-state index contributed by atoms with van der Waals surface area (Å²) in [5.41, 5.74) is 5.17. The standard InChI is InChI=1S/C9H11FN2O2S/c1-9(3-4(9)10)8-12-5(6(11)15-8)7(13)14-2/h4H,3,11H2,1-2H3. The molecule has 0 saturated heterocycles. The third kappa shape index (κ3) is 1.49. The molecule has 0 spiro atoms. The third-order valence-electron chi connectivity index (χ3n) is 2.66. The number of ether oxygens (including phenoxy) is 1. The van der Waals surface area contributed by atoms with Crippen molar-refractivity contribution in [3.05, 3.63) is 10.7 Å². The quantitative estimate of drug-likeness (QED) is 0.782. The lowest BCUT2D eigenvalue weighted by molar-refractivity contribution is 0.0596. The van der Waals surface area contributed by atoms with Crippen molar-refractivity contribution in [1.29, 1.82) is 0 Å². The van der Waals surface area contributed by atoms with Gasteiger partial charge in [0, 0.05) is 0 Å². The van der Waals surface area contributed by atoms with Gasteiger partial charge < -0.3 is 10.5 Å². The number of halogens is 1. The van der Waals surface area contributed by atoms with Crippen LogP contribution < -0.4 is 5.73 Å². The highest BCUT2D eigenvalue weighted by atomic mass is 32.1. The number of thiazole rings is 1. The van der Waals surface area contributed by atoms with Crippen LogP contribution in [0, 0.1) is 0 Å². The van der Waals surface area contributed by atoms with Gasteiger partial charge in [0.05, 0.1) is 12.5 Å². The van der Waals surface area contributed by atoms with Gasteiger partial charge in [0.25, 0.3) is 0 Å². The van der Waals surface area contributed by atoms with Gasteiger partial charge in [-0.15, -0.1) is 11.3 Å². The maximum absolute atomic E-state index is 13.1. The zero-order valence-corrected chi connectivity index (χ0v) is 9.23. The first kappa shape index (κ1) is 10.4. The lowest BCUT2D eigenvalue weighted by Crippen LogP contribution is -2.07. The Bertz CT molecular complexity index is 420. The highest BCUT2D eigenvalue weighted by Crippen LogP contribution is 2.52. The predicted octanol–water partition coefficient (Wildman–Crippen LogP) is 1.51. The average Bonchev–Trinajstić information content (AvgIpc) is 2.62. The number of hydrogen-bond acceptors (Lipinski definition) is 5. The first-order chi connectivity index (χ1) is 6.99. The molecule has 1 fully saturated rings. The fraction of sp³-hybridized carbons (Fsp3) is 0.556. The molecule has 0 amide bonds. The number of carbonyl (C=O) groups excluding carboxylic acids is 1. The summed E-state index contributed by atoms with van der Waals surface area (Å²) in [6, 6.07) is 0. The first-order valence-corrected chi connectivity index (χ1v) is 5.30. The van der Waals surface area contributed by atoms with E-state index < -0.39 is 17.6 Å². The summed E-state index contributed by atoms with van der Waals surface area (Å²) in [6.07, 6.45) is -0.436. The van der Waals surface area contributed by atoms with E-state index in [-0.39, 0.29) is 10.7 Å². The molecule has 1 aliphatic rings. The lowest BCUT2D eigenvalue weighted by Gasteiger charge is -2.01. The summed E-state index contributed by atoms with van der Waals surface area (Å²) in [5.74, 6) is -0.574. The van der Waals surface area contributed by atoms with Crippen molar-refractivity contribution >= 4 is 22.3 Å². The molecule has 2 N–H and O–H groups in total. The number of nitrogen functional groups attached to an aromatic ring is 1. The van der Waals surface area contributed by atoms with Crippen LogP contribution in [-0.2, 0) is 10.2 Å². The van der Waals surface area contributed by atoms with Crippen molar-refractivity contribution in [2.45, 2.75) is 24.9 Å². The third-order valence-corrected chi connectivity index (χ3v) is 3.82. The normalized spacial score (nSPS) is 28.9. The van der Waals surface area contributed by atoms with Gasteiger partial charge in [-0.3, -0.25) is 0 Å². The number of aromatic nitrogens is 1. The van der Waals surface area contributed by atoms with Gasteiger partial charge in [-0.25, -0.2) is 14.2 Å². The molecule has 1 aromatic rings. The van der Waals surface area contributed by atoms with Crippen molar-refractivity contribution in [3.8, 4) is 0 Å². The number of anilines is 1. The highest BCUT2D eigenvalue weighted by Gasteiger charge is 2.55. The van der Waals surface area contributed by atoms with Gasteiger partial charge >= 0.3 is 5.97 Å². The largest absolute Gasteiger partial charge is 0.464 e. The molecule has 0 aliphatic heterocycles. The van der Waals surface area contributed by atoms with Gasteiger partial charge in [0.15, 0.2) is 5.69 Å². The van der Waals surface area contributed by atoms with Crippen LogP contribution in [0.5, 0.6) is 0 Å². The van der Waals surface area contributed by atoms with Gasteiger partial charge in [0.1, 0.15) is 16.2 Å². The first-order valence-electron chi connectivity index (χ1n) is 4.48. The summed E-state index contributed by atoms with van der Waals surface area (Å²) in [7, 11) is 1.26. The van der Waals surface area contributed by atoms with Crippen LogP contribution in [0.25, 0.3) is 0 Å². The second-order valence-corrected chi connectivity index (χ2v) is 4.84. The molecule has 1 aliphatic carbocycles. The molecule has 2 atom stereocenters. The zero-order chi connectivity index (χ0) is 11.2. The van der Waals surface area contributed by atoms with E-state index in [0.29, 0.717) is 11.4 Å². The van der Waals surface area contributed by atoms with Gasteiger partial charge in [-0.05, 0) is 6.42 Å². The van der Waals surface area contributed by atoms with E-state index in [1.807, 2.05) is 0 Å². The fourth-order valence-corrected chi connectivity index (χ4v) is 2.37. The SMILES string of the molecule is COC(=O)c1nc(C2(C)CC2F)sc1N. The zero-order valence-electron chi connectivity index (χ0n) is 8.41. The monoisotopic (exact) mass is 230 g/mol. The van der Waals surface area contributed by atoms with Crippen LogP contribution >= 0.6 is 11.3 Å². The molecule has 1 heterocycles. The van der Waals surface area contributed by atoms with Crippen molar-refractivity contribution in [2.24, 2.45) is 0 Å². The van der Waals surface area contributed by atoms with E-state index in [0.717, 1.165) is 11.3 Å².